The van der Waals surface area contributed by atoms with E-state index in [0.29, 0.717) is 0 Å². The summed E-state index contributed by atoms with van der Waals surface area (Å²) in [5, 5.41) is 3.64. The van der Waals surface area contributed by atoms with Gasteiger partial charge >= 0.3 is 0 Å². The Labute approximate surface area is 91.8 Å². The molecule has 2 aliphatic heterocycles. The third-order valence-corrected chi connectivity index (χ3v) is 4.56. The van der Waals surface area contributed by atoms with E-state index in [0.717, 1.165) is 12.1 Å². The van der Waals surface area contributed by atoms with Gasteiger partial charge in [0.15, 0.2) is 0 Å². The zero-order valence-corrected chi connectivity index (χ0v) is 9.98. The molecule has 82 valence electrons. The molecule has 2 aliphatic rings. The lowest BCUT2D eigenvalue weighted by Crippen LogP contribution is -2.49. The van der Waals surface area contributed by atoms with Gasteiger partial charge in [0, 0.05) is 36.7 Å². The molecule has 3 heteroatoms. The number of hydrogen-bond donors (Lipinski definition) is 1. The molecule has 0 amide bonds. The highest BCUT2D eigenvalue weighted by atomic mass is 32.2. The monoisotopic (exact) mass is 214 g/mol. The molecule has 0 aromatic heterocycles. The van der Waals surface area contributed by atoms with E-state index in [9.17, 15) is 0 Å². The Morgan fingerprint density at radius 3 is 3.07 bits per heavy atom. The van der Waals surface area contributed by atoms with Gasteiger partial charge in [-0.2, -0.15) is 11.8 Å². The first-order valence-corrected chi connectivity index (χ1v) is 7.07. The molecule has 0 bridgehead atoms. The van der Waals surface area contributed by atoms with Crippen LogP contribution >= 0.6 is 11.8 Å². The van der Waals surface area contributed by atoms with E-state index in [4.69, 9.17) is 0 Å². The van der Waals surface area contributed by atoms with Gasteiger partial charge in [0.25, 0.3) is 0 Å². The Morgan fingerprint density at radius 1 is 1.43 bits per heavy atom. The highest BCUT2D eigenvalue weighted by molar-refractivity contribution is 7.99. The molecule has 0 radical (unpaired) electrons. The lowest BCUT2D eigenvalue weighted by molar-refractivity contribution is 0.193. The summed E-state index contributed by atoms with van der Waals surface area (Å²) < 4.78 is 0. The molecule has 0 spiro atoms. The van der Waals surface area contributed by atoms with E-state index >= 15 is 0 Å². The van der Waals surface area contributed by atoms with Crippen LogP contribution in [0.2, 0.25) is 0 Å². The molecule has 2 heterocycles. The molecular formula is C11H22N2S. The van der Waals surface area contributed by atoms with Crippen molar-refractivity contribution in [3.05, 3.63) is 0 Å². The highest BCUT2D eigenvalue weighted by Crippen LogP contribution is 2.17. The average Bonchev–Trinajstić information content (AvgIpc) is 2.23. The quantitative estimate of drug-likeness (QED) is 0.751. The fraction of sp³-hybridized carbons (Fsp3) is 1.00. The molecule has 0 aliphatic carbocycles. The SMILES string of the molecule is CC1CSCCN1C[C@H]1CCCCN1. The second-order valence-electron chi connectivity index (χ2n) is 4.57. The number of hydrogen-bond acceptors (Lipinski definition) is 3. The van der Waals surface area contributed by atoms with Crippen LogP contribution in [0.15, 0.2) is 0 Å². The van der Waals surface area contributed by atoms with Gasteiger partial charge in [0.05, 0.1) is 0 Å². The van der Waals surface area contributed by atoms with E-state index in [1.165, 1.54) is 50.4 Å². The van der Waals surface area contributed by atoms with Gasteiger partial charge < -0.3 is 5.32 Å². The van der Waals surface area contributed by atoms with Crippen LogP contribution in [0.25, 0.3) is 0 Å². The fourth-order valence-corrected chi connectivity index (χ4v) is 3.48. The maximum atomic E-state index is 3.64. The topological polar surface area (TPSA) is 15.3 Å². The molecule has 1 unspecified atom stereocenters. The molecular weight excluding hydrogens is 192 g/mol. The molecule has 1 N–H and O–H groups in total. The van der Waals surface area contributed by atoms with E-state index < -0.39 is 0 Å². The Morgan fingerprint density at radius 2 is 2.36 bits per heavy atom. The van der Waals surface area contributed by atoms with Crippen molar-refractivity contribution in [2.24, 2.45) is 0 Å². The van der Waals surface area contributed by atoms with E-state index in [-0.39, 0.29) is 0 Å². The summed E-state index contributed by atoms with van der Waals surface area (Å²) in [6.07, 6.45) is 4.19. The van der Waals surface area contributed by atoms with Crippen LogP contribution in [-0.2, 0) is 0 Å². The molecule has 2 rings (SSSR count). The van der Waals surface area contributed by atoms with Gasteiger partial charge in [-0.3, -0.25) is 4.90 Å². The van der Waals surface area contributed by atoms with Gasteiger partial charge in [0.2, 0.25) is 0 Å². The molecule has 2 nitrogen and oxygen atoms in total. The molecule has 0 aromatic rings. The third kappa shape index (κ3) is 2.88. The first-order chi connectivity index (χ1) is 6.86. The number of piperidine rings is 1. The van der Waals surface area contributed by atoms with Gasteiger partial charge in [-0.15, -0.1) is 0 Å². The van der Waals surface area contributed by atoms with Crippen molar-refractivity contribution in [3.63, 3.8) is 0 Å². The maximum Gasteiger partial charge on any atom is 0.0195 e. The fourth-order valence-electron chi connectivity index (χ4n) is 2.40. The van der Waals surface area contributed by atoms with E-state index in [2.05, 4.69) is 28.9 Å². The Balaban J connectivity index is 1.76. The second kappa shape index (κ2) is 5.38. The second-order valence-corrected chi connectivity index (χ2v) is 5.72. The van der Waals surface area contributed by atoms with Crippen molar-refractivity contribution in [2.75, 3.05) is 31.1 Å². The Bertz CT molecular complexity index is 169. The minimum Gasteiger partial charge on any atom is -0.313 e. The summed E-state index contributed by atoms with van der Waals surface area (Å²) in [6.45, 7) is 6.18. The minimum atomic E-state index is 0.772. The van der Waals surface area contributed by atoms with Crippen LogP contribution in [0.5, 0.6) is 0 Å². The average molecular weight is 214 g/mol. The first-order valence-electron chi connectivity index (χ1n) is 5.91. The summed E-state index contributed by atoms with van der Waals surface area (Å²) in [4.78, 5) is 2.67. The Kier molecular flexibility index (Phi) is 4.14. The predicted octanol–water partition coefficient (Wildman–Crippen LogP) is 1.57. The van der Waals surface area contributed by atoms with E-state index in [1.54, 1.807) is 0 Å². The van der Waals surface area contributed by atoms with Crippen molar-refractivity contribution in [1.82, 2.24) is 10.2 Å². The number of rotatable bonds is 2. The number of nitrogens with one attached hydrogen (secondary N) is 1. The van der Waals surface area contributed by atoms with Crippen LogP contribution in [0.3, 0.4) is 0 Å². The number of thioether (sulfide) groups is 1. The summed E-state index contributed by atoms with van der Waals surface area (Å²) >= 11 is 2.11. The third-order valence-electron chi connectivity index (χ3n) is 3.37. The smallest absolute Gasteiger partial charge is 0.0195 e. The molecule has 0 aromatic carbocycles. The van der Waals surface area contributed by atoms with Gasteiger partial charge in [0.1, 0.15) is 0 Å². The van der Waals surface area contributed by atoms with Crippen LogP contribution < -0.4 is 5.32 Å². The van der Waals surface area contributed by atoms with Gasteiger partial charge in [-0.1, -0.05) is 6.42 Å². The van der Waals surface area contributed by atoms with Crippen LogP contribution in [0, 0.1) is 0 Å². The maximum absolute atomic E-state index is 3.64. The normalized spacial score (nSPS) is 35.8. The number of nitrogens with zero attached hydrogens (tertiary/aromatic N) is 1. The van der Waals surface area contributed by atoms with E-state index in [1.807, 2.05) is 0 Å². The first kappa shape index (κ1) is 10.8. The summed E-state index contributed by atoms with van der Waals surface area (Å²) in [5.41, 5.74) is 0. The van der Waals surface area contributed by atoms with Crippen molar-refractivity contribution < 1.29 is 0 Å². The molecule has 0 saturated carbocycles. The van der Waals surface area contributed by atoms with Crippen LogP contribution in [-0.4, -0.2) is 48.1 Å². The molecule has 2 fully saturated rings. The predicted molar refractivity (Wildman–Crippen MR) is 64.0 cm³/mol. The summed E-state index contributed by atoms with van der Waals surface area (Å²) in [7, 11) is 0. The Hall–Kier alpha value is 0.270. The standard InChI is InChI=1S/C11H22N2S/c1-10-9-14-7-6-13(10)8-11-4-2-3-5-12-11/h10-12H,2-9H2,1H3/t10?,11-/m1/s1. The van der Waals surface area contributed by atoms with Crippen molar-refractivity contribution in [1.29, 1.82) is 0 Å². The van der Waals surface area contributed by atoms with Gasteiger partial charge in [-0.25, -0.2) is 0 Å². The zero-order chi connectivity index (χ0) is 9.80. The molecule has 2 saturated heterocycles. The summed E-state index contributed by atoms with van der Waals surface area (Å²) in [5.74, 6) is 2.66. The van der Waals surface area contributed by atoms with Crippen LogP contribution in [0.1, 0.15) is 26.2 Å². The van der Waals surface area contributed by atoms with Crippen molar-refractivity contribution in [2.45, 2.75) is 38.3 Å². The largest absolute Gasteiger partial charge is 0.313 e. The van der Waals surface area contributed by atoms with Gasteiger partial charge in [-0.05, 0) is 26.3 Å². The molecule has 14 heavy (non-hydrogen) atoms. The minimum absolute atomic E-state index is 0.772. The van der Waals surface area contributed by atoms with Crippen molar-refractivity contribution in [3.8, 4) is 0 Å². The highest BCUT2D eigenvalue weighted by Gasteiger charge is 2.22. The zero-order valence-electron chi connectivity index (χ0n) is 9.17. The van der Waals surface area contributed by atoms with Crippen LogP contribution in [0.4, 0.5) is 0 Å². The summed E-state index contributed by atoms with van der Waals surface area (Å²) in [6, 6.07) is 1.56. The lowest BCUT2D eigenvalue weighted by atomic mass is 10.0. The molecule has 2 atom stereocenters. The lowest BCUT2D eigenvalue weighted by Gasteiger charge is -2.37. The van der Waals surface area contributed by atoms with Crippen molar-refractivity contribution >= 4 is 11.8 Å².